The molecular formula is C11H16N2O5S. The molecule has 0 spiro atoms. The highest BCUT2D eigenvalue weighted by molar-refractivity contribution is 8.01. The number of carboxylic acid groups (broad SMARTS) is 1. The van der Waals surface area contributed by atoms with Gasteiger partial charge in [-0.25, -0.2) is 0 Å². The minimum Gasteiger partial charge on any atom is -0.480 e. The zero-order chi connectivity index (χ0) is 14.4. The molecule has 1 fully saturated rings. The number of likely N-dealkylation sites (tertiary alicyclic amines) is 1. The molecule has 0 aromatic carbocycles. The van der Waals surface area contributed by atoms with Crippen LogP contribution in [0, 0.1) is 0 Å². The minimum atomic E-state index is -1.01. The second kappa shape index (κ2) is 7.13. The van der Waals surface area contributed by atoms with E-state index in [1.807, 2.05) is 0 Å². The van der Waals surface area contributed by atoms with E-state index < -0.39 is 23.0 Å². The molecule has 8 heteroatoms. The number of hydrogen-bond acceptors (Lipinski definition) is 5. The Labute approximate surface area is 114 Å². The van der Waals surface area contributed by atoms with Crippen molar-refractivity contribution in [1.29, 1.82) is 0 Å². The molecule has 1 atom stereocenters. The molecule has 1 saturated heterocycles. The molecule has 0 saturated carbocycles. The van der Waals surface area contributed by atoms with E-state index in [2.05, 4.69) is 5.32 Å². The van der Waals surface area contributed by atoms with Crippen LogP contribution in [0.3, 0.4) is 0 Å². The minimum absolute atomic E-state index is 0.0866. The summed E-state index contributed by atoms with van der Waals surface area (Å²) in [6, 6.07) is 0. The molecule has 2 N–H and O–H groups in total. The van der Waals surface area contributed by atoms with Crippen LogP contribution >= 0.6 is 11.8 Å². The normalized spacial score (nSPS) is 16.3. The Kier molecular flexibility index (Phi) is 5.81. The van der Waals surface area contributed by atoms with Gasteiger partial charge in [0.1, 0.15) is 0 Å². The van der Waals surface area contributed by atoms with Crippen molar-refractivity contribution < 1.29 is 24.3 Å². The lowest BCUT2D eigenvalue weighted by molar-refractivity contribution is -0.136. The largest absolute Gasteiger partial charge is 0.480 e. The summed E-state index contributed by atoms with van der Waals surface area (Å²) in [6.07, 6.45) is 1.17. The Hall–Kier alpha value is -1.57. The Morgan fingerprint density at radius 1 is 1.42 bits per heavy atom. The van der Waals surface area contributed by atoms with Gasteiger partial charge in [-0.15, -0.1) is 11.8 Å². The Balaban J connectivity index is 2.26. The molecule has 0 aromatic rings. The molecule has 0 bridgehead atoms. The first-order valence-electron chi connectivity index (χ1n) is 5.85. The fourth-order valence-corrected chi connectivity index (χ4v) is 2.16. The average molecular weight is 288 g/mol. The molecule has 1 unspecified atom stereocenters. The van der Waals surface area contributed by atoms with Crippen molar-refractivity contribution in [3.63, 3.8) is 0 Å². The van der Waals surface area contributed by atoms with Crippen molar-refractivity contribution in [2.45, 2.75) is 25.0 Å². The molecule has 0 aromatic heterocycles. The topological polar surface area (TPSA) is 104 Å². The molecule has 1 aliphatic heterocycles. The summed E-state index contributed by atoms with van der Waals surface area (Å²) in [4.78, 5) is 46.1. The number of nitrogens with zero attached hydrogens (tertiary/aromatic N) is 1. The van der Waals surface area contributed by atoms with Gasteiger partial charge in [0.25, 0.3) is 0 Å². The molecule has 0 aliphatic carbocycles. The number of carboxylic acids is 1. The Bertz CT molecular complexity index is 399. The maximum absolute atomic E-state index is 11.5. The fraction of sp³-hybridized carbons (Fsp3) is 0.636. The second-order valence-corrected chi connectivity index (χ2v) is 5.51. The third-order valence-corrected chi connectivity index (χ3v) is 3.73. The molecular weight excluding hydrogens is 272 g/mol. The van der Waals surface area contributed by atoms with Gasteiger partial charge in [-0.05, 0) is 13.3 Å². The van der Waals surface area contributed by atoms with Crippen molar-refractivity contribution in [3.8, 4) is 0 Å². The molecule has 7 nitrogen and oxygen atoms in total. The van der Waals surface area contributed by atoms with Gasteiger partial charge in [-0.1, -0.05) is 0 Å². The fourth-order valence-electron chi connectivity index (χ4n) is 1.55. The van der Waals surface area contributed by atoms with Gasteiger partial charge < -0.3 is 10.0 Å². The van der Waals surface area contributed by atoms with Crippen LogP contribution in [0.5, 0.6) is 0 Å². The molecule has 1 heterocycles. The van der Waals surface area contributed by atoms with Crippen LogP contribution in [0.25, 0.3) is 0 Å². The zero-order valence-electron chi connectivity index (χ0n) is 10.5. The lowest BCUT2D eigenvalue weighted by atomic mass is 10.4. The number of amides is 3. The summed E-state index contributed by atoms with van der Waals surface area (Å²) < 4.78 is 0. The highest BCUT2D eigenvalue weighted by atomic mass is 32.2. The van der Waals surface area contributed by atoms with Gasteiger partial charge in [-0.3, -0.25) is 24.5 Å². The molecule has 1 aliphatic rings. The number of carbonyl (C=O) groups is 4. The first-order chi connectivity index (χ1) is 8.90. The summed E-state index contributed by atoms with van der Waals surface area (Å²) in [7, 11) is 0. The maximum atomic E-state index is 11.5. The highest BCUT2D eigenvalue weighted by Gasteiger charge is 2.23. The van der Waals surface area contributed by atoms with Gasteiger partial charge in [0.15, 0.2) is 0 Å². The zero-order valence-corrected chi connectivity index (χ0v) is 11.4. The van der Waals surface area contributed by atoms with Crippen LogP contribution < -0.4 is 5.32 Å². The van der Waals surface area contributed by atoms with Crippen LogP contribution in [0.4, 0.5) is 0 Å². The predicted molar refractivity (Wildman–Crippen MR) is 68.5 cm³/mol. The third kappa shape index (κ3) is 5.29. The van der Waals surface area contributed by atoms with Crippen molar-refractivity contribution in [1.82, 2.24) is 10.2 Å². The van der Waals surface area contributed by atoms with E-state index in [9.17, 15) is 19.2 Å². The predicted octanol–water partition coefficient (Wildman–Crippen LogP) is -0.542. The average Bonchev–Trinajstić information content (AvgIpc) is 2.71. The first kappa shape index (κ1) is 15.5. The van der Waals surface area contributed by atoms with Crippen molar-refractivity contribution >= 4 is 35.5 Å². The number of aliphatic carboxylic acids is 1. The van der Waals surface area contributed by atoms with Crippen molar-refractivity contribution in [2.75, 3.05) is 18.8 Å². The van der Waals surface area contributed by atoms with Gasteiger partial charge in [0, 0.05) is 13.0 Å². The number of hydrogen-bond donors (Lipinski definition) is 2. The number of carbonyl (C=O) groups excluding carboxylic acids is 3. The van der Waals surface area contributed by atoms with Crippen LogP contribution in [0.1, 0.15) is 19.8 Å². The van der Waals surface area contributed by atoms with Crippen molar-refractivity contribution in [3.05, 3.63) is 0 Å². The number of nitrogens with one attached hydrogen (secondary N) is 1. The van der Waals surface area contributed by atoms with Crippen LogP contribution in [-0.2, 0) is 19.2 Å². The quantitative estimate of drug-likeness (QED) is 0.680. The molecule has 0 radical (unpaired) electrons. The van der Waals surface area contributed by atoms with E-state index in [1.165, 1.54) is 11.8 Å². The van der Waals surface area contributed by atoms with Crippen molar-refractivity contribution in [2.24, 2.45) is 0 Å². The Morgan fingerprint density at radius 3 is 2.63 bits per heavy atom. The highest BCUT2D eigenvalue weighted by Crippen LogP contribution is 2.10. The molecule has 3 amide bonds. The van der Waals surface area contributed by atoms with Crippen LogP contribution in [0.2, 0.25) is 0 Å². The van der Waals surface area contributed by atoms with E-state index in [-0.39, 0.29) is 18.2 Å². The maximum Gasteiger partial charge on any atom is 0.316 e. The number of rotatable bonds is 6. The summed E-state index contributed by atoms with van der Waals surface area (Å²) in [5.41, 5.74) is 0. The molecule has 19 heavy (non-hydrogen) atoms. The van der Waals surface area contributed by atoms with Crippen LogP contribution in [-0.4, -0.2) is 57.8 Å². The molecule has 1 rings (SSSR count). The van der Waals surface area contributed by atoms with E-state index in [0.717, 1.165) is 18.2 Å². The smallest absolute Gasteiger partial charge is 0.316 e. The second-order valence-electron chi connectivity index (χ2n) is 4.18. The van der Waals surface area contributed by atoms with Crippen LogP contribution in [0.15, 0.2) is 0 Å². The van der Waals surface area contributed by atoms with Gasteiger partial charge >= 0.3 is 5.97 Å². The summed E-state index contributed by atoms with van der Waals surface area (Å²) in [5.74, 6) is -2.28. The lowest BCUT2D eigenvalue weighted by Gasteiger charge is -2.14. The summed E-state index contributed by atoms with van der Waals surface area (Å²) in [6.45, 7) is 1.87. The standard InChI is InChI=1S/C11H16N2O5S/c1-7(11(17)18)19-6-9(15)12-8(14)5-13-4-2-3-10(13)16/h7H,2-6H2,1H3,(H,17,18)(H,12,14,15). The first-order valence-corrected chi connectivity index (χ1v) is 6.90. The van der Waals surface area contributed by atoms with E-state index >= 15 is 0 Å². The lowest BCUT2D eigenvalue weighted by Crippen LogP contribution is -2.41. The summed E-state index contributed by atoms with van der Waals surface area (Å²) >= 11 is 0.934. The van der Waals surface area contributed by atoms with Gasteiger partial charge in [0.05, 0.1) is 17.5 Å². The van der Waals surface area contributed by atoms with Gasteiger partial charge in [0.2, 0.25) is 17.7 Å². The van der Waals surface area contributed by atoms with E-state index in [4.69, 9.17) is 5.11 Å². The SMILES string of the molecule is CC(SCC(=O)NC(=O)CN1CCCC1=O)C(=O)O. The number of imide groups is 1. The third-order valence-electron chi connectivity index (χ3n) is 2.60. The molecule has 106 valence electrons. The number of thioether (sulfide) groups is 1. The van der Waals surface area contributed by atoms with Gasteiger partial charge in [-0.2, -0.15) is 0 Å². The van der Waals surface area contributed by atoms with E-state index in [0.29, 0.717) is 13.0 Å². The van der Waals surface area contributed by atoms with E-state index in [1.54, 1.807) is 0 Å². The summed E-state index contributed by atoms with van der Waals surface area (Å²) in [5, 5.41) is 10.1. The monoisotopic (exact) mass is 288 g/mol. The Morgan fingerprint density at radius 2 is 2.11 bits per heavy atom.